The number of halogens is 2. The monoisotopic (exact) mass is 517 g/mol. The Bertz CT molecular complexity index is 1210. The molecule has 1 aliphatic heterocycles. The van der Waals surface area contributed by atoms with Crippen molar-refractivity contribution in [3.63, 3.8) is 0 Å². The highest BCUT2D eigenvalue weighted by Crippen LogP contribution is 2.36. The number of benzene rings is 2. The van der Waals surface area contributed by atoms with E-state index in [1.165, 1.54) is 0 Å². The molecule has 0 fully saturated rings. The number of ether oxygens (including phenoxy) is 1. The molecule has 0 saturated heterocycles. The molecule has 1 aliphatic rings. The van der Waals surface area contributed by atoms with E-state index in [1.54, 1.807) is 34.6 Å². The van der Waals surface area contributed by atoms with Crippen molar-refractivity contribution in [3.05, 3.63) is 74.9 Å². The molecule has 3 aromatic rings. The van der Waals surface area contributed by atoms with Crippen molar-refractivity contribution >= 4 is 46.8 Å². The fourth-order valence-electron chi connectivity index (χ4n) is 3.70. The zero-order valence-electron chi connectivity index (χ0n) is 18.8. The van der Waals surface area contributed by atoms with Crippen LogP contribution in [0.4, 0.5) is 5.95 Å². The standard InChI is InChI=1S/C24H25Cl2N5O2S/c1-3-4-12-34-24-29-23-28-14(2)20(22(27)32)21(31(23)30-24)15-8-10-16(11-9-15)33-13-17-18(25)6-5-7-19(17)26/h5-11,21H,3-4,12-13H2,1-2H3,(H2,27,32)(H,28,29,30). The Labute approximate surface area is 212 Å². The number of carbonyl (C=O) groups excluding carboxylic acids is 1. The molecule has 10 heteroatoms. The van der Waals surface area contributed by atoms with Crippen LogP contribution in [0.3, 0.4) is 0 Å². The first kappa shape index (κ1) is 24.4. The molecule has 3 N–H and O–H groups in total. The van der Waals surface area contributed by atoms with Crippen LogP contribution >= 0.6 is 35.0 Å². The lowest BCUT2D eigenvalue weighted by Gasteiger charge is -2.27. The molecule has 1 atom stereocenters. The number of carbonyl (C=O) groups is 1. The fourth-order valence-corrected chi connectivity index (χ4v) is 5.12. The van der Waals surface area contributed by atoms with E-state index in [4.69, 9.17) is 33.7 Å². The molecular weight excluding hydrogens is 493 g/mol. The van der Waals surface area contributed by atoms with Gasteiger partial charge in [-0.1, -0.05) is 66.5 Å². The molecule has 2 aromatic carbocycles. The normalized spacial score (nSPS) is 15.1. The van der Waals surface area contributed by atoms with Crippen molar-refractivity contribution in [2.75, 3.05) is 11.1 Å². The maximum Gasteiger partial charge on any atom is 0.248 e. The third kappa shape index (κ3) is 5.19. The Hall–Kier alpha value is -2.68. The average Bonchev–Trinajstić information content (AvgIpc) is 3.20. The summed E-state index contributed by atoms with van der Waals surface area (Å²) < 4.78 is 7.62. The highest BCUT2D eigenvalue weighted by molar-refractivity contribution is 7.99. The smallest absolute Gasteiger partial charge is 0.248 e. The number of amides is 1. The number of unbranched alkanes of at least 4 members (excludes halogenated alkanes) is 1. The number of allylic oxidation sites excluding steroid dienone is 1. The van der Waals surface area contributed by atoms with Crippen molar-refractivity contribution in [2.24, 2.45) is 5.73 Å². The molecule has 178 valence electrons. The summed E-state index contributed by atoms with van der Waals surface area (Å²) in [5.74, 6) is 1.65. The van der Waals surface area contributed by atoms with Gasteiger partial charge in [-0.2, -0.15) is 4.98 Å². The van der Waals surface area contributed by atoms with Gasteiger partial charge >= 0.3 is 0 Å². The van der Waals surface area contributed by atoms with E-state index in [0.29, 0.717) is 38.2 Å². The Kier molecular flexibility index (Phi) is 7.70. The largest absolute Gasteiger partial charge is 0.489 e. The molecule has 0 saturated carbocycles. The molecule has 0 spiro atoms. The van der Waals surface area contributed by atoms with Crippen LogP contribution in [0.5, 0.6) is 5.75 Å². The van der Waals surface area contributed by atoms with Crippen molar-refractivity contribution in [3.8, 4) is 5.75 Å². The fraction of sp³-hybridized carbons (Fsp3) is 0.292. The summed E-state index contributed by atoms with van der Waals surface area (Å²) in [6.45, 7) is 4.20. The number of fused-ring (bicyclic) bond motifs is 1. The number of nitrogens with one attached hydrogen (secondary N) is 1. The lowest BCUT2D eigenvalue weighted by Crippen LogP contribution is -2.31. The second kappa shape index (κ2) is 10.7. The van der Waals surface area contributed by atoms with Gasteiger partial charge in [0.25, 0.3) is 0 Å². The minimum absolute atomic E-state index is 0.238. The van der Waals surface area contributed by atoms with Crippen molar-refractivity contribution in [2.45, 2.75) is 44.5 Å². The molecule has 0 radical (unpaired) electrons. The third-order valence-electron chi connectivity index (χ3n) is 5.47. The summed E-state index contributed by atoms with van der Waals surface area (Å²) in [4.78, 5) is 17.0. The second-order valence-corrected chi connectivity index (χ2v) is 9.73. The van der Waals surface area contributed by atoms with Gasteiger partial charge in [0, 0.05) is 27.1 Å². The number of hydrogen-bond acceptors (Lipinski definition) is 6. The van der Waals surface area contributed by atoms with Gasteiger partial charge in [-0.05, 0) is 43.2 Å². The van der Waals surface area contributed by atoms with Crippen LogP contribution in [0.1, 0.15) is 43.9 Å². The second-order valence-electron chi connectivity index (χ2n) is 7.85. The van der Waals surface area contributed by atoms with Crippen molar-refractivity contribution < 1.29 is 9.53 Å². The van der Waals surface area contributed by atoms with Gasteiger partial charge in [0.2, 0.25) is 17.0 Å². The molecule has 4 rings (SSSR count). The summed E-state index contributed by atoms with van der Waals surface area (Å²) in [7, 11) is 0. The maximum absolute atomic E-state index is 12.4. The number of hydrogen-bond donors (Lipinski definition) is 2. The molecule has 2 heterocycles. The first-order valence-corrected chi connectivity index (χ1v) is 12.7. The Morgan fingerprint density at radius 3 is 2.56 bits per heavy atom. The molecule has 0 bridgehead atoms. The lowest BCUT2D eigenvalue weighted by molar-refractivity contribution is -0.115. The van der Waals surface area contributed by atoms with Gasteiger partial charge in [-0.15, -0.1) is 5.10 Å². The van der Waals surface area contributed by atoms with Gasteiger partial charge in [-0.3, -0.25) is 4.79 Å². The van der Waals surface area contributed by atoms with E-state index < -0.39 is 11.9 Å². The predicted molar refractivity (Wildman–Crippen MR) is 137 cm³/mol. The molecule has 1 amide bonds. The van der Waals surface area contributed by atoms with E-state index in [9.17, 15) is 4.79 Å². The summed E-state index contributed by atoms with van der Waals surface area (Å²) in [5.41, 5.74) is 8.44. The van der Waals surface area contributed by atoms with Crippen LogP contribution in [-0.4, -0.2) is 26.4 Å². The van der Waals surface area contributed by atoms with E-state index in [-0.39, 0.29) is 6.61 Å². The third-order valence-corrected chi connectivity index (χ3v) is 7.10. The summed E-state index contributed by atoms with van der Waals surface area (Å²) >= 11 is 14.1. The van der Waals surface area contributed by atoms with Crippen LogP contribution in [0.15, 0.2) is 58.9 Å². The van der Waals surface area contributed by atoms with Crippen LogP contribution < -0.4 is 15.8 Å². The van der Waals surface area contributed by atoms with Gasteiger partial charge < -0.3 is 15.8 Å². The Balaban J connectivity index is 1.59. The van der Waals surface area contributed by atoms with Crippen molar-refractivity contribution in [1.29, 1.82) is 0 Å². The predicted octanol–water partition coefficient (Wildman–Crippen LogP) is 5.83. The zero-order chi connectivity index (χ0) is 24.2. The van der Waals surface area contributed by atoms with Crippen molar-refractivity contribution in [1.82, 2.24) is 14.8 Å². The summed E-state index contributed by atoms with van der Waals surface area (Å²) in [6, 6.07) is 12.3. The highest BCUT2D eigenvalue weighted by Gasteiger charge is 2.33. The average molecular weight is 518 g/mol. The number of primary amides is 1. The van der Waals surface area contributed by atoms with Crippen LogP contribution in [0, 0.1) is 0 Å². The van der Waals surface area contributed by atoms with E-state index in [2.05, 4.69) is 22.3 Å². The van der Waals surface area contributed by atoms with Gasteiger partial charge in [-0.25, -0.2) is 4.68 Å². The van der Waals surface area contributed by atoms with Gasteiger partial charge in [0.15, 0.2) is 0 Å². The summed E-state index contributed by atoms with van der Waals surface area (Å²) in [6.07, 6.45) is 2.18. The van der Waals surface area contributed by atoms with E-state index in [0.717, 1.165) is 29.7 Å². The number of nitrogens with zero attached hydrogens (tertiary/aromatic N) is 3. The van der Waals surface area contributed by atoms with Crippen LogP contribution in [0.25, 0.3) is 0 Å². The lowest BCUT2D eigenvalue weighted by atomic mass is 9.95. The van der Waals surface area contributed by atoms with Crippen LogP contribution in [0.2, 0.25) is 10.0 Å². The van der Waals surface area contributed by atoms with Gasteiger partial charge in [0.05, 0.1) is 5.57 Å². The number of nitrogens with two attached hydrogens (primary N) is 1. The first-order chi connectivity index (χ1) is 16.4. The minimum Gasteiger partial charge on any atom is -0.489 e. The number of anilines is 1. The molecule has 1 unspecified atom stereocenters. The van der Waals surface area contributed by atoms with Gasteiger partial charge in [0.1, 0.15) is 18.4 Å². The zero-order valence-corrected chi connectivity index (χ0v) is 21.2. The SMILES string of the molecule is CCCCSc1nc2n(n1)C(c1ccc(OCc3c(Cl)cccc3Cl)cc1)C(C(N)=O)=C(C)N2. The maximum atomic E-state index is 12.4. The molecule has 7 nitrogen and oxygen atoms in total. The summed E-state index contributed by atoms with van der Waals surface area (Å²) in [5, 5.41) is 9.60. The minimum atomic E-state index is -0.509. The first-order valence-electron chi connectivity index (χ1n) is 10.9. The molecule has 0 aliphatic carbocycles. The molecular formula is C24H25Cl2N5O2S. The van der Waals surface area contributed by atoms with E-state index in [1.807, 2.05) is 31.2 Å². The van der Waals surface area contributed by atoms with Crippen LogP contribution in [-0.2, 0) is 11.4 Å². The number of rotatable bonds is 9. The topological polar surface area (TPSA) is 95.1 Å². The Morgan fingerprint density at radius 2 is 1.91 bits per heavy atom. The van der Waals surface area contributed by atoms with E-state index >= 15 is 0 Å². The highest BCUT2D eigenvalue weighted by atomic mass is 35.5. The quantitative estimate of drug-likeness (QED) is 0.273. The Morgan fingerprint density at radius 1 is 1.21 bits per heavy atom. The number of thioether (sulfide) groups is 1. The molecule has 34 heavy (non-hydrogen) atoms. The number of aromatic nitrogens is 3. The molecule has 1 aromatic heterocycles.